The van der Waals surface area contributed by atoms with Gasteiger partial charge in [-0.2, -0.15) is 0 Å². The third-order valence-corrected chi connectivity index (χ3v) is 5.93. The zero-order chi connectivity index (χ0) is 32.4. The molecule has 0 aliphatic rings. The molecule has 11 heteroatoms. The number of esters is 4. The van der Waals surface area contributed by atoms with Crippen LogP contribution in [0.4, 0.5) is 4.39 Å². The van der Waals surface area contributed by atoms with Crippen molar-refractivity contribution in [1.29, 1.82) is 0 Å². The zero-order valence-corrected chi connectivity index (χ0v) is 24.5. The predicted molar refractivity (Wildman–Crippen MR) is 161 cm³/mol. The van der Waals surface area contributed by atoms with E-state index < -0.39 is 29.7 Å². The molecule has 0 aromatic heterocycles. The molecule has 0 bridgehead atoms. The summed E-state index contributed by atoms with van der Waals surface area (Å²) in [6, 6.07) is 15.8. The Morgan fingerprint density at radius 3 is 1.44 bits per heavy atom. The summed E-state index contributed by atoms with van der Waals surface area (Å²) in [6.07, 6.45) is 4.77. The number of halogens is 1. The molecule has 0 radical (unpaired) electrons. The van der Waals surface area contributed by atoms with Gasteiger partial charge in [0.05, 0.1) is 37.6 Å². The molecule has 10 nitrogen and oxygen atoms in total. The minimum absolute atomic E-state index is 0.0739. The molecule has 0 fully saturated rings. The highest BCUT2D eigenvalue weighted by molar-refractivity contribution is 5.92. The van der Waals surface area contributed by atoms with Crippen LogP contribution in [-0.2, 0) is 19.1 Å². The molecule has 0 amide bonds. The van der Waals surface area contributed by atoms with Gasteiger partial charge in [0, 0.05) is 18.2 Å². The van der Waals surface area contributed by atoms with Crippen molar-refractivity contribution in [2.24, 2.45) is 0 Å². The minimum Gasteiger partial charge on any atom is -0.494 e. The van der Waals surface area contributed by atoms with Gasteiger partial charge in [0.25, 0.3) is 0 Å². The summed E-state index contributed by atoms with van der Waals surface area (Å²) in [5.74, 6) is -2.69. The van der Waals surface area contributed by atoms with Crippen LogP contribution >= 0.6 is 0 Å². The van der Waals surface area contributed by atoms with E-state index in [-0.39, 0.29) is 35.8 Å². The molecule has 0 aliphatic heterocycles. The fourth-order valence-corrected chi connectivity index (χ4v) is 3.58. The van der Waals surface area contributed by atoms with Crippen LogP contribution in [0.15, 0.2) is 92.0 Å². The van der Waals surface area contributed by atoms with Crippen molar-refractivity contribution >= 4 is 23.9 Å². The van der Waals surface area contributed by atoms with Crippen molar-refractivity contribution < 1.29 is 52.0 Å². The smallest absolute Gasteiger partial charge is 0.343 e. The highest BCUT2D eigenvalue weighted by atomic mass is 19.1. The molecule has 0 spiro atoms. The summed E-state index contributed by atoms with van der Waals surface area (Å²) in [5, 5.41) is 0. The number of carbonyl (C=O) groups is 4. The zero-order valence-electron chi connectivity index (χ0n) is 24.5. The van der Waals surface area contributed by atoms with Crippen LogP contribution in [0.5, 0.6) is 23.0 Å². The molecule has 0 heterocycles. The number of unbranched alkanes of at least 4 members (excludes halogenated alkanes) is 2. The molecule has 45 heavy (non-hydrogen) atoms. The van der Waals surface area contributed by atoms with Gasteiger partial charge >= 0.3 is 23.9 Å². The Bertz CT molecular complexity index is 1470. The quantitative estimate of drug-likeness (QED) is 0.0720. The molecule has 0 saturated heterocycles. The van der Waals surface area contributed by atoms with Crippen molar-refractivity contribution in [2.75, 3.05) is 26.4 Å². The second-order valence-electron chi connectivity index (χ2n) is 9.27. The lowest BCUT2D eigenvalue weighted by molar-refractivity contribution is -0.138. The number of carbonyl (C=O) groups excluding carboxylic acids is 4. The van der Waals surface area contributed by atoms with E-state index in [0.717, 1.165) is 18.2 Å². The molecule has 3 rings (SSSR count). The van der Waals surface area contributed by atoms with E-state index in [4.69, 9.17) is 28.4 Å². The molecule has 0 unspecified atom stereocenters. The first-order chi connectivity index (χ1) is 21.8. The van der Waals surface area contributed by atoms with Crippen LogP contribution in [0.2, 0.25) is 0 Å². The predicted octanol–water partition coefficient (Wildman–Crippen LogP) is 6.04. The molecule has 0 atom stereocenters. The number of benzene rings is 3. The summed E-state index contributed by atoms with van der Waals surface area (Å²) in [7, 11) is 0. The van der Waals surface area contributed by atoms with Gasteiger partial charge in [-0.3, -0.25) is 0 Å². The van der Waals surface area contributed by atoms with E-state index in [2.05, 4.69) is 13.2 Å². The van der Waals surface area contributed by atoms with Gasteiger partial charge in [0.1, 0.15) is 17.2 Å². The van der Waals surface area contributed by atoms with Gasteiger partial charge in [-0.15, -0.1) is 0 Å². The fraction of sp³-hybridized carbons (Fsp3) is 0.235. The van der Waals surface area contributed by atoms with Crippen LogP contribution in [0, 0.1) is 5.82 Å². The first kappa shape index (κ1) is 34.0. The normalized spacial score (nSPS) is 10.2. The maximum absolute atomic E-state index is 14.7. The van der Waals surface area contributed by atoms with Gasteiger partial charge in [-0.1, -0.05) is 13.2 Å². The molecule has 236 valence electrons. The lowest BCUT2D eigenvalue weighted by atomic mass is 10.2. The lowest BCUT2D eigenvalue weighted by Crippen LogP contribution is -2.11. The highest BCUT2D eigenvalue weighted by Crippen LogP contribution is 2.25. The summed E-state index contributed by atoms with van der Waals surface area (Å²) in [4.78, 5) is 47.0. The van der Waals surface area contributed by atoms with Gasteiger partial charge in [0.15, 0.2) is 11.6 Å². The average Bonchev–Trinajstić information content (AvgIpc) is 3.05. The van der Waals surface area contributed by atoms with Crippen molar-refractivity contribution in [3.05, 3.63) is 109 Å². The average molecular weight is 621 g/mol. The van der Waals surface area contributed by atoms with Crippen molar-refractivity contribution in [3.63, 3.8) is 0 Å². The van der Waals surface area contributed by atoms with Gasteiger partial charge in [0.2, 0.25) is 0 Å². The molecular formula is C34H33FO10. The first-order valence-corrected chi connectivity index (χ1v) is 14.1. The first-order valence-electron chi connectivity index (χ1n) is 14.1. The standard InChI is InChI=1S/C34H33FO10/c1-3-31(36)42-21-7-5-19-40-26-13-9-24(10-14-26)33(38)44-28-17-18-30(29(35)23-28)45-34(39)25-11-15-27(16-12-25)41-20-6-8-22-43-32(37)4-2/h3-4,9-18,23H,1-2,5-8,19-22H2. The van der Waals surface area contributed by atoms with Crippen molar-refractivity contribution in [1.82, 2.24) is 0 Å². The number of hydrogen-bond donors (Lipinski definition) is 0. The van der Waals surface area contributed by atoms with Crippen LogP contribution in [0.25, 0.3) is 0 Å². The number of ether oxygens (including phenoxy) is 6. The van der Waals surface area contributed by atoms with Crippen molar-refractivity contribution in [2.45, 2.75) is 25.7 Å². The maximum atomic E-state index is 14.7. The molecule has 3 aromatic carbocycles. The Kier molecular flexibility index (Phi) is 13.8. The Labute approximate surface area is 259 Å². The SMILES string of the molecule is C=CC(=O)OCCCCOc1ccc(C(=O)Oc2ccc(OC(=O)c3ccc(OCCCCOC(=O)C=C)cc3)c(F)c2)cc1. The summed E-state index contributed by atoms with van der Waals surface area (Å²) in [5.41, 5.74) is 0.395. The largest absolute Gasteiger partial charge is 0.494 e. The monoisotopic (exact) mass is 620 g/mol. The Morgan fingerprint density at radius 1 is 0.578 bits per heavy atom. The van der Waals surface area contributed by atoms with Gasteiger partial charge in [-0.05, 0) is 86.3 Å². The maximum Gasteiger partial charge on any atom is 0.343 e. The fourth-order valence-electron chi connectivity index (χ4n) is 3.58. The second kappa shape index (κ2) is 18.3. The molecular weight excluding hydrogens is 587 g/mol. The number of rotatable bonds is 18. The summed E-state index contributed by atoms with van der Waals surface area (Å²) in [6.45, 7) is 7.97. The molecule has 0 N–H and O–H groups in total. The van der Waals surface area contributed by atoms with Crippen LogP contribution in [0.1, 0.15) is 46.4 Å². The Hall–Kier alpha value is -5.45. The van der Waals surface area contributed by atoms with E-state index in [1.54, 1.807) is 24.3 Å². The molecule has 0 saturated carbocycles. The summed E-state index contributed by atoms with van der Waals surface area (Å²) < 4.78 is 46.1. The van der Waals surface area contributed by atoms with Crippen molar-refractivity contribution in [3.8, 4) is 23.0 Å². The highest BCUT2D eigenvalue weighted by Gasteiger charge is 2.15. The summed E-state index contributed by atoms with van der Waals surface area (Å²) >= 11 is 0. The van der Waals surface area contributed by atoms with Gasteiger partial charge < -0.3 is 28.4 Å². The minimum atomic E-state index is -0.893. The van der Waals surface area contributed by atoms with Gasteiger partial charge in [-0.25, -0.2) is 23.6 Å². The topological polar surface area (TPSA) is 124 Å². The molecule has 0 aliphatic carbocycles. The Morgan fingerprint density at radius 2 is 1.00 bits per heavy atom. The number of hydrogen-bond acceptors (Lipinski definition) is 10. The second-order valence-corrected chi connectivity index (χ2v) is 9.27. The lowest BCUT2D eigenvalue weighted by Gasteiger charge is -2.10. The van der Waals surface area contributed by atoms with Crippen LogP contribution in [-0.4, -0.2) is 50.3 Å². The van der Waals surface area contributed by atoms with E-state index in [0.29, 0.717) is 50.4 Å². The third-order valence-electron chi connectivity index (χ3n) is 5.93. The van der Waals surface area contributed by atoms with Crippen LogP contribution < -0.4 is 18.9 Å². The third kappa shape index (κ3) is 12.0. The van der Waals surface area contributed by atoms with E-state index in [1.807, 2.05) is 0 Å². The van der Waals surface area contributed by atoms with E-state index in [1.165, 1.54) is 36.4 Å². The Balaban J connectivity index is 1.41. The van der Waals surface area contributed by atoms with E-state index in [9.17, 15) is 23.6 Å². The van der Waals surface area contributed by atoms with Crippen LogP contribution in [0.3, 0.4) is 0 Å². The molecule has 3 aromatic rings. The van der Waals surface area contributed by atoms with E-state index >= 15 is 0 Å².